The SMILES string of the molecule is CC1Nc2ccccc2C=[N+]1C1CCCCC1.O=S(=O)([O-])C(F)(F)F. The summed E-state index contributed by atoms with van der Waals surface area (Å²) >= 11 is 0. The molecule has 1 aromatic carbocycles. The molecule has 1 N–H and O–H groups in total. The summed E-state index contributed by atoms with van der Waals surface area (Å²) < 4.78 is 61.4. The van der Waals surface area contributed by atoms with Gasteiger partial charge in [0, 0.05) is 19.8 Å². The molecule has 140 valence electrons. The molecule has 2 aliphatic rings. The maximum atomic E-state index is 10.7. The number of hydrogen-bond donors (Lipinski definition) is 1. The molecule has 25 heavy (non-hydrogen) atoms. The second kappa shape index (κ2) is 7.74. The van der Waals surface area contributed by atoms with E-state index in [1.165, 1.54) is 43.4 Å². The number of anilines is 1. The van der Waals surface area contributed by atoms with E-state index in [-0.39, 0.29) is 0 Å². The molecule has 9 heteroatoms. The first-order chi connectivity index (χ1) is 11.6. The molecule has 1 fully saturated rings. The maximum absolute atomic E-state index is 10.7. The molecule has 0 saturated heterocycles. The molecule has 1 unspecified atom stereocenters. The van der Waals surface area contributed by atoms with E-state index in [2.05, 4.69) is 47.3 Å². The number of fused-ring (bicyclic) bond motifs is 1. The van der Waals surface area contributed by atoms with Crippen molar-refractivity contribution in [3.8, 4) is 0 Å². The zero-order chi connectivity index (χ0) is 18.7. The Kier molecular flexibility index (Phi) is 6.10. The minimum Gasteiger partial charge on any atom is -0.741 e. The van der Waals surface area contributed by atoms with Crippen LogP contribution in [-0.4, -0.2) is 41.5 Å². The van der Waals surface area contributed by atoms with Gasteiger partial charge in [0.15, 0.2) is 22.4 Å². The third kappa shape index (κ3) is 5.18. The fourth-order valence-corrected chi connectivity index (χ4v) is 3.11. The highest BCUT2D eigenvalue weighted by Gasteiger charge is 2.37. The fraction of sp³-hybridized carbons (Fsp3) is 0.562. The Bertz CT molecular complexity index is 726. The van der Waals surface area contributed by atoms with E-state index in [1.807, 2.05) is 0 Å². The summed E-state index contributed by atoms with van der Waals surface area (Å²) in [6.45, 7) is 2.26. The smallest absolute Gasteiger partial charge is 0.485 e. The molecule has 3 rings (SSSR count). The second-order valence-electron chi connectivity index (χ2n) is 6.18. The number of rotatable bonds is 1. The summed E-state index contributed by atoms with van der Waals surface area (Å²) in [5.41, 5.74) is -3.05. The van der Waals surface area contributed by atoms with E-state index in [0.29, 0.717) is 6.17 Å². The first-order valence-electron chi connectivity index (χ1n) is 8.09. The van der Waals surface area contributed by atoms with Gasteiger partial charge in [-0.1, -0.05) is 18.6 Å². The van der Waals surface area contributed by atoms with Gasteiger partial charge in [-0.2, -0.15) is 13.2 Å². The van der Waals surface area contributed by atoms with Crippen LogP contribution in [0.4, 0.5) is 18.9 Å². The monoisotopic (exact) mass is 378 g/mol. The number of halogens is 3. The Balaban J connectivity index is 0.000000242. The van der Waals surface area contributed by atoms with Crippen molar-refractivity contribution in [1.82, 2.24) is 0 Å². The van der Waals surface area contributed by atoms with Crippen molar-refractivity contribution < 1.29 is 30.7 Å². The van der Waals surface area contributed by atoms with Crippen molar-refractivity contribution in [3.63, 3.8) is 0 Å². The predicted molar refractivity (Wildman–Crippen MR) is 87.6 cm³/mol. The Morgan fingerprint density at radius 3 is 2.28 bits per heavy atom. The highest BCUT2D eigenvalue weighted by atomic mass is 32.2. The van der Waals surface area contributed by atoms with Crippen LogP contribution in [0, 0.1) is 0 Å². The van der Waals surface area contributed by atoms with Crippen LogP contribution in [0.15, 0.2) is 24.3 Å². The van der Waals surface area contributed by atoms with Crippen LogP contribution in [0.1, 0.15) is 44.6 Å². The molecule has 5 nitrogen and oxygen atoms in total. The first kappa shape index (κ1) is 19.7. The number of nitrogens with one attached hydrogen (secondary N) is 1. The van der Waals surface area contributed by atoms with Gasteiger partial charge in [0.05, 0.1) is 11.3 Å². The van der Waals surface area contributed by atoms with Gasteiger partial charge < -0.3 is 9.87 Å². The molecule has 1 aliphatic heterocycles. The van der Waals surface area contributed by atoms with Crippen LogP contribution >= 0.6 is 0 Å². The summed E-state index contributed by atoms with van der Waals surface area (Å²) in [4.78, 5) is 0. The van der Waals surface area contributed by atoms with E-state index >= 15 is 0 Å². The highest BCUT2D eigenvalue weighted by molar-refractivity contribution is 7.86. The zero-order valence-electron chi connectivity index (χ0n) is 13.8. The van der Waals surface area contributed by atoms with E-state index in [4.69, 9.17) is 13.0 Å². The lowest BCUT2D eigenvalue weighted by atomic mass is 9.94. The van der Waals surface area contributed by atoms with Crippen LogP contribution in [0.2, 0.25) is 0 Å². The summed E-state index contributed by atoms with van der Waals surface area (Å²) in [5, 5.41) is 3.60. The lowest BCUT2D eigenvalue weighted by Gasteiger charge is -2.28. The summed E-state index contributed by atoms with van der Waals surface area (Å²) in [5.74, 6) is 0. The molecule has 0 aromatic heterocycles. The summed E-state index contributed by atoms with van der Waals surface area (Å²) in [7, 11) is -6.09. The quantitative estimate of drug-likeness (QED) is 0.462. The van der Waals surface area contributed by atoms with Crippen LogP contribution in [0.25, 0.3) is 0 Å². The lowest BCUT2D eigenvalue weighted by molar-refractivity contribution is -0.592. The lowest BCUT2D eigenvalue weighted by Crippen LogP contribution is -2.42. The molecule has 0 spiro atoms. The van der Waals surface area contributed by atoms with Gasteiger partial charge in [-0.25, -0.2) is 13.0 Å². The van der Waals surface area contributed by atoms with Crippen LogP contribution in [-0.2, 0) is 10.1 Å². The molecular weight excluding hydrogens is 357 g/mol. The van der Waals surface area contributed by atoms with Crippen molar-refractivity contribution in [2.75, 3.05) is 5.32 Å². The molecule has 1 aromatic rings. The van der Waals surface area contributed by atoms with E-state index < -0.39 is 15.6 Å². The van der Waals surface area contributed by atoms with E-state index in [9.17, 15) is 13.2 Å². The fourth-order valence-electron chi connectivity index (χ4n) is 3.11. The van der Waals surface area contributed by atoms with Gasteiger partial charge in [0.25, 0.3) is 0 Å². The molecule has 1 aliphatic carbocycles. The van der Waals surface area contributed by atoms with Gasteiger partial charge in [-0.05, 0) is 25.0 Å². The molecule has 1 saturated carbocycles. The Hall–Kier alpha value is -1.61. The van der Waals surface area contributed by atoms with Crippen LogP contribution < -0.4 is 5.32 Å². The first-order valence-corrected chi connectivity index (χ1v) is 9.50. The highest BCUT2D eigenvalue weighted by Crippen LogP contribution is 2.25. The second-order valence-corrected chi connectivity index (χ2v) is 7.55. The average Bonchev–Trinajstić information content (AvgIpc) is 2.54. The van der Waals surface area contributed by atoms with Gasteiger partial charge >= 0.3 is 5.51 Å². The van der Waals surface area contributed by atoms with Crippen molar-refractivity contribution >= 4 is 22.0 Å². The van der Waals surface area contributed by atoms with Crippen molar-refractivity contribution in [2.45, 2.75) is 56.7 Å². The van der Waals surface area contributed by atoms with Gasteiger partial charge in [0.1, 0.15) is 0 Å². The molecule has 1 atom stereocenters. The predicted octanol–water partition coefficient (Wildman–Crippen LogP) is 3.27. The largest absolute Gasteiger partial charge is 0.741 e. The van der Waals surface area contributed by atoms with E-state index in [1.54, 1.807) is 0 Å². The number of para-hydroxylation sites is 1. The molecule has 0 amide bonds. The van der Waals surface area contributed by atoms with E-state index in [0.717, 1.165) is 6.04 Å². The average molecular weight is 378 g/mol. The Labute approximate surface area is 145 Å². The minimum absolute atomic E-state index is 0.424. The number of hydrogen-bond acceptors (Lipinski definition) is 4. The Morgan fingerprint density at radius 1 is 1.16 bits per heavy atom. The van der Waals surface area contributed by atoms with Gasteiger partial charge in [-0.15, -0.1) is 0 Å². The third-order valence-electron chi connectivity index (χ3n) is 4.34. The zero-order valence-corrected chi connectivity index (χ0v) is 14.6. The number of benzene rings is 1. The van der Waals surface area contributed by atoms with Crippen molar-refractivity contribution in [3.05, 3.63) is 29.8 Å². The summed E-state index contributed by atoms with van der Waals surface area (Å²) in [6.07, 6.45) is 9.69. The molecule has 0 bridgehead atoms. The van der Waals surface area contributed by atoms with Crippen molar-refractivity contribution in [2.24, 2.45) is 0 Å². The molecular formula is C16H21F3N2O3S. The topological polar surface area (TPSA) is 72.2 Å². The van der Waals surface area contributed by atoms with Crippen molar-refractivity contribution in [1.29, 1.82) is 0 Å². The number of alkyl halides is 3. The standard InChI is InChI=1S/C15H20N2.CHF3O3S/c1-12-16-15-10-6-5-7-13(15)11-17(12)14-8-3-2-4-9-14;2-1(3,4)8(5,6)7/h5-7,10-12,14H,2-4,8-9H2,1H3;(H,5,6,7). The minimum atomic E-state index is -6.09. The van der Waals surface area contributed by atoms with Crippen LogP contribution in [0.3, 0.4) is 0 Å². The third-order valence-corrected chi connectivity index (χ3v) is 4.91. The molecule has 1 heterocycles. The Morgan fingerprint density at radius 2 is 1.72 bits per heavy atom. The molecule has 0 radical (unpaired) electrons. The summed E-state index contributed by atoms with van der Waals surface area (Å²) in [6, 6.07) is 9.32. The normalized spacial score (nSPS) is 21.3. The van der Waals surface area contributed by atoms with Gasteiger partial charge in [0.2, 0.25) is 6.17 Å². The van der Waals surface area contributed by atoms with Gasteiger partial charge in [-0.3, -0.25) is 0 Å². The van der Waals surface area contributed by atoms with Crippen LogP contribution in [0.5, 0.6) is 0 Å². The maximum Gasteiger partial charge on any atom is 0.485 e. The number of nitrogens with zero attached hydrogens (tertiary/aromatic N) is 1.